The molecule has 0 spiro atoms. The quantitative estimate of drug-likeness (QED) is 0.904. The first-order valence-electron chi connectivity index (χ1n) is 6.59. The number of halogens is 3. The smallest absolute Gasteiger partial charge is 0.376 e. The fourth-order valence-electron chi connectivity index (χ4n) is 2.15. The highest BCUT2D eigenvalue weighted by molar-refractivity contribution is 5.19. The lowest BCUT2D eigenvalue weighted by Crippen LogP contribution is -2.39. The molecule has 3 nitrogen and oxygen atoms in total. The summed E-state index contributed by atoms with van der Waals surface area (Å²) in [7, 11) is 0. The van der Waals surface area contributed by atoms with Crippen molar-refractivity contribution in [2.75, 3.05) is 26.4 Å². The molecule has 0 aliphatic carbocycles. The van der Waals surface area contributed by atoms with Crippen LogP contribution >= 0.6 is 0 Å². The summed E-state index contributed by atoms with van der Waals surface area (Å²) < 4.78 is 48.6. The third-order valence-corrected chi connectivity index (χ3v) is 3.11. The predicted molar refractivity (Wildman–Crippen MR) is 68.4 cm³/mol. The molecule has 1 N–H and O–H groups in total. The number of alkyl halides is 3. The summed E-state index contributed by atoms with van der Waals surface area (Å²) in [6, 6.07) is 7.89. The Kier molecular flexibility index (Phi) is 5.39. The van der Waals surface area contributed by atoms with Gasteiger partial charge in [-0.15, -0.1) is 0 Å². The van der Waals surface area contributed by atoms with E-state index in [1.165, 1.54) is 0 Å². The molecule has 1 saturated heterocycles. The van der Waals surface area contributed by atoms with Gasteiger partial charge in [-0.2, -0.15) is 13.2 Å². The average Bonchev–Trinajstić information content (AvgIpc) is 2.44. The Labute approximate surface area is 116 Å². The van der Waals surface area contributed by atoms with Crippen LogP contribution in [0.5, 0.6) is 0 Å². The molecular formula is C14H18F3NO2. The fraction of sp³-hybridized carbons (Fsp3) is 0.571. The van der Waals surface area contributed by atoms with Gasteiger partial charge in [0.2, 0.25) is 0 Å². The van der Waals surface area contributed by atoms with Crippen LogP contribution in [0.4, 0.5) is 13.2 Å². The Morgan fingerprint density at radius 1 is 1.20 bits per heavy atom. The van der Waals surface area contributed by atoms with Crippen LogP contribution in [0.15, 0.2) is 30.3 Å². The molecule has 1 aliphatic heterocycles. The normalized spacial score (nSPS) is 21.6. The highest BCUT2D eigenvalue weighted by atomic mass is 19.4. The molecule has 2 rings (SSSR count). The van der Waals surface area contributed by atoms with Crippen LogP contribution in [-0.4, -0.2) is 38.6 Å². The van der Waals surface area contributed by atoms with Gasteiger partial charge in [0.05, 0.1) is 32.3 Å². The topological polar surface area (TPSA) is 30.5 Å². The summed E-state index contributed by atoms with van der Waals surface area (Å²) in [5.41, 5.74) is 0.626. The molecule has 0 saturated carbocycles. The lowest BCUT2D eigenvalue weighted by molar-refractivity contribution is -0.141. The van der Waals surface area contributed by atoms with E-state index < -0.39 is 18.6 Å². The number of hydrogen-bond acceptors (Lipinski definition) is 3. The van der Waals surface area contributed by atoms with Crippen molar-refractivity contribution in [3.8, 4) is 0 Å². The van der Waals surface area contributed by atoms with E-state index in [-0.39, 0.29) is 6.10 Å². The molecular weight excluding hydrogens is 271 g/mol. The van der Waals surface area contributed by atoms with Crippen LogP contribution in [0.2, 0.25) is 0 Å². The Bertz CT molecular complexity index is 391. The molecule has 0 radical (unpaired) electrons. The number of nitrogens with one attached hydrogen (secondary N) is 1. The summed E-state index contributed by atoms with van der Waals surface area (Å²) in [6.07, 6.45) is -5.30. The van der Waals surface area contributed by atoms with Gasteiger partial charge in [0, 0.05) is 12.6 Å². The molecule has 1 aromatic carbocycles. The maximum atomic E-state index is 12.7. The molecule has 0 aromatic heterocycles. The fourth-order valence-corrected chi connectivity index (χ4v) is 2.15. The monoisotopic (exact) mass is 289 g/mol. The maximum Gasteiger partial charge on any atom is 0.390 e. The molecule has 1 aromatic rings. The van der Waals surface area contributed by atoms with Crippen molar-refractivity contribution in [1.29, 1.82) is 0 Å². The maximum absolute atomic E-state index is 12.7. The van der Waals surface area contributed by atoms with Crippen molar-refractivity contribution < 1.29 is 22.6 Å². The Morgan fingerprint density at radius 3 is 2.55 bits per heavy atom. The van der Waals surface area contributed by atoms with E-state index in [2.05, 4.69) is 5.32 Å². The highest BCUT2D eigenvalue weighted by Crippen LogP contribution is 2.29. The third kappa shape index (κ3) is 5.11. The summed E-state index contributed by atoms with van der Waals surface area (Å²) >= 11 is 0. The zero-order valence-electron chi connectivity index (χ0n) is 11.0. The summed E-state index contributed by atoms with van der Waals surface area (Å²) in [5.74, 6) is 0. The standard InChI is InChI=1S/C14H18F3NO2/c15-14(16,17)8-13(11-4-2-1-3-5-11)18-9-12-10-19-6-7-20-12/h1-5,12-13,18H,6-10H2. The van der Waals surface area contributed by atoms with E-state index in [1.54, 1.807) is 30.3 Å². The summed E-state index contributed by atoms with van der Waals surface area (Å²) in [5, 5.41) is 2.94. The second-order valence-corrected chi connectivity index (χ2v) is 4.76. The van der Waals surface area contributed by atoms with Crippen molar-refractivity contribution in [3.63, 3.8) is 0 Å². The van der Waals surface area contributed by atoms with Crippen molar-refractivity contribution in [2.45, 2.75) is 24.7 Å². The lowest BCUT2D eigenvalue weighted by Gasteiger charge is -2.27. The molecule has 0 bridgehead atoms. The SMILES string of the molecule is FC(F)(F)CC(NCC1COCCO1)c1ccccc1. The van der Waals surface area contributed by atoms with E-state index in [4.69, 9.17) is 9.47 Å². The first-order chi connectivity index (χ1) is 9.54. The molecule has 6 heteroatoms. The Morgan fingerprint density at radius 2 is 1.95 bits per heavy atom. The van der Waals surface area contributed by atoms with Crippen LogP contribution in [0.25, 0.3) is 0 Å². The van der Waals surface area contributed by atoms with Crippen molar-refractivity contribution >= 4 is 0 Å². The van der Waals surface area contributed by atoms with Gasteiger partial charge in [0.1, 0.15) is 0 Å². The number of rotatable bonds is 5. The largest absolute Gasteiger partial charge is 0.390 e. The third-order valence-electron chi connectivity index (χ3n) is 3.11. The molecule has 1 heterocycles. The van der Waals surface area contributed by atoms with Gasteiger partial charge in [-0.25, -0.2) is 0 Å². The minimum absolute atomic E-state index is 0.191. The van der Waals surface area contributed by atoms with Crippen LogP contribution < -0.4 is 5.32 Å². The van der Waals surface area contributed by atoms with Gasteiger partial charge < -0.3 is 14.8 Å². The number of ether oxygens (including phenoxy) is 2. The lowest BCUT2D eigenvalue weighted by atomic mass is 10.0. The molecule has 2 atom stereocenters. The summed E-state index contributed by atoms with van der Waals surface area (Å²) in [4.78, 5) is 0. The second kappa shape index (κ2) is 7.06. The van der Waals surface area contributed by atoms with Crippen molar-refractivity contribution in [1.82, 2.24) is 5.32 Å². The summed E-state index contributed by atoms with van der Waals surface area (Å²) in [6.45, 7) is 1.79. The number of benzene rings is 1. The number of hydrogen-bond donors (Lipinski definition) is 1. The van der Waals surface area contributed by atoms with Gasteiger partial charge in [-0.3, -0.25) is 0 Å². The molecule has 0 amide bonds. The first-order valence-corrected chi connectivity index (χ1v) is 6.59. The van der Waals surface area contributed by atoms with Crippen LogP contribution in [0.1, 0.15) is 18.0 Å². The van der Waals surface area contributed by atoms with Crippen LogP contribution in [0.3, 0.4) is 0 Å². The molecule has 20 heavy (non-hydrogen) atoms. The molecule has 1 fully saturated rings. The van der Waals surface area contributed by atoms with E-state index in [1.807, 2.05) is 0 Å². The Hall–Kier alpha value is -1.11. The minimum atomic E-state index is -4.21. The van der Waals surface area contributed by atoms with Gasteiger partial charge in [-0.1, -0.05) is 30.3 Å². The van der Waals surface area contributed by atoms with Gasteiger partial charge >= 0.3 is 6.18 Å². The first kappa shape index (κ1) is 15.3. The van der Waals surface area contributed by atoms with Gasteiger partial charge in [-0.05, 0) is 5.56 Å². The average molecular weight is 289 g/mol. The van der Waals surface area contributed by atoms with E-state index >= 15 is 0 Å². The van der Waals surface area contributed by atoms with Gasteiger partial charge in [0.15, 0.2) is 0 Å². The minimum Gasteiger partial charge on any atom is -0.376 e. The zero-order valence-corrected chi connectivity index (χ0v) is 11.0. The van der Waals surface area contributed by atoms with Crippen molar-refractivity contribution in [3.05, 3.63) is 35.9 Å². The van der Waals surface area contributed by atoms with Crippen molar-refractivity contribution in [2.24, 2.45) is 0 Å². The highest BCUT2D eigenvalue weighted by Gasteiger charge is 2.32. The van der Waals surface area contributed by atoms with Gasteiger partial charge in [0.25, 0.3) is 0 Å². The van der Waals surface area contributed by atoms with E-state index in [0.29, 0.717) is 31.9 Å². The molecule has 112 valence electrons. The van der Waals surface area contributed by atoms with Crippen LogP contribution in [0, 0.1) is 0 Å². The molecule has 1 aliphatic rings. The zero-order chi connectivity index (χ0) is 14.4. The second-order valence-electron chi connectivity index (χ2n) is 4.76. The Balaban J connectivity index is 1.95. The molecule has 2 unspecified atom stereocenters. The van der Waals surface area contributed by atoms with Crippen LogP contribution in [-0.2, 0) is 9.47 Å². The van der Waals surface area contributed by atoms with E-state index in [9.17, 15) is 13.2 Å². The predicted octanol–water partition coefficient (Wildman–Crippen LogP) is 2.69. The van der Waals surface area contributed by atoms with E-state index in [0.717, 1.165) is 0 Å².